The van der Waals surface area contributed by atoms with Gasteiger partial charge in [0.15, 0.2) is 17.4 Å². The Morgan fingerprint density at radius 1 is 0.949 bits per heavy atom. The third-order valence-electron chi connectivity index (χ3n) is 5.32. The molecule has 4 aromatic rings. The molecule has 0 saturated heterocycles. The Morgan fingerprint density at radius 2 is 1.69 bits per heavy atom. The van der Waals surface area contributed by atoms with E-state index in [1.807, 2.05) is 0 Å². The molecule has 0 radical (unpaired) electrons. The van der Waals surface area contributed by atoms with Crippen molar-refractivity contribution in [3.63, 3.8) is 0 Å². The van der Waals surface area contributed by atoms with Crippen LogP contribution in [0.5, 0.6) is 11.5 Å². The fourth-order valence-electron chi connectivity index (χ4n) is 3.64. The average Bonchev–Trinajstić information content (AvgIpc) is 2.88. The monoisotopic (exact) mass is 537 g/mol. The van der Waals surface area contributed by atoms with Crippen LogP contribution in [0.25, 0.3) is 5.69 Å². The molecule has 0 aliphatic carbocycles. The number of anilines is 3. The molecule has 2 aromatic carbocycles. The molecule has 2 aromatic heterocycles. The van der Waals surface area contributed by atoms with Gasteiger partial charge in [-0.25, -0.2) is 18.2 Å². The third-order valence-corrected chi connectivity index (χ3v) is 5.32. The molecule has 0 saturated carbocycles. The van der Waals surface area contributed by atoms with E-state index >= 15 is 0 Å². The number of carbonyl (C=O) groups is 2. The minimum atomic E-state index is -1.03. The zero-order valence-corrected chi connectivity index (χ0v) is 20.7. The molecule has 0 fully saturated rings. The quantitative estimate of drug-likeness (QED) is 0.289. The number of hydrogen-bond donors (Lipinski definition) is 3. The average molecular weight is 537 g/mol. The molecule has 2 amide bonds. The van der Waals surface area contributed by atoms with Crippen molar-refractivity contribution in [1.82, 2.24) is 9.55 Å². The van der Waals surface area contributed by atoms with Gasteiger partial charge in [0, 0.05) is 49.7 Å². The van der Waals surface area contributed by atoms with E-state index in [-0.39, 0.29) is 28.7 Å². The van der Waals surface area contributed by atoms with Gasteiger partial charge in [-0.15, -0.1) is 0 Å². The number of nitrogens with zero attached hydrogens (tertiary/aromatic N) is 2. The van der Waals surface area contributed by atoms with E-state index in [0.29, 0.717) is 18.3 Å². The Bertz CT molecular complexity index is 1610. The molecule has 200 valence electrons. The zero-order valence-electron chi connectivity index (χ0n) is 20.7. The van der Waals surface area contributed by atoms with Gasteiger partial charge in [0.1, 0.15) is 22.9 Å². The Labute approximate surface area is 220 Å². The molecule has 3 N–H and O–H groups in total. The normalized spacial score (nSPS) is 10.6. The maximum Gasteiger partial charge on any atom is 0.270 e. The van der Waals surface area contributed by atoms with Crippen molar-refractivity contribution in [1.29, 1.82) is 0 Å². The lowest BCUT2D eigenvalue weighted by Gasteiger charge is -2.15. The van der Waals surface area contributed by atoms with Gasteiger partial charge in [0.2, 0.25) is 5.91 Å². The summed E-state index contributed by atoms with van der Waals surface area (Å²) in [6.45, 7) is 3.41. The Morgan fingerprint density at radius 3 is 2.38 bits per heavy atom. The van der Waals surface area contributed by atoms with Crippen LogP contribution in [0, 0.1) is 17.5 Å². The van der Waals surface area contributed by atoms with E-state index in [1.54, 1.807) is 6.92 Å². The summed E-state index contributed by atoms with van der Waals surface area (Å²) in [5, 5.41) is 7.58. The van der Waals surface area contributed by atoms with Crippen molar-refractivity contribution in [3.05, 3.63) is 100 Å². The smallest absolute Gasteiger partial charge is 0.270 e. The van der Waals surface area contributed by atoms with Crippen LogP contribution in [0.3, 0.4) is 0 Å². The first-order valence-corrected chi connectivity index (χ1v) is 11.6. The summed E-state index contributed by atoms with van der Waals surface area (Å²) in [4.78, 5) is 41.5. The van der Waals surface area contributed by atoms with Crippen LogP contribution in [0.15, 0.2) is 71.8 Å². The second-order valence-electron chi connectivity index (χ2n) is 8.16. The highest BCUT2D eigenvalue weighted by Crippen LogP contribution is 2.30. The van der Waals surface area contributed by atoms with Crippen molar-refractivity contribution in [2.24, 2.45) is 0 Å². The fourth-order valence-corrected chi connectivity index (χ4v) is 3.64. The number of ether oxygens (including phenoxy) is 1. The van der Waals surface area contributed by atoms with Crippen molar-refractivity contribution in [3.8, 4) is 17.2 Å². The summed E-state index contributed by atoms with van der Waals surface area (Å²) in [7, 11) is 0. The lowest BCUT2D eigenvalue weighted by atomic mass is 10.1. The van der Waals surface area contributed by atoms with Gasteiger partial charge in [-0.1, -0.05) is 0 Å². The molecule has 0 bridgehead atoms. The van der Waals surface area contributed by atoms with Crippen LogP contribution in [-0.2, 0) is 4.79 Å². The number of pyridine rings is 2. The Balaban J connectivity index is 1.63. The number of aromatic nitrogens is 2. The number of rotatable bonds is 8. The van der Waals surface area contributed by atoms with E-state index in [9.17, 15) is 27.6 Å². The van der Waals surface area contributed by atoms with Crippen molar-refractivity contribution in [2.45, 2.75) is 13.8 Å². The third kappa shape index (κ3) is 6.24. The highest BCUT2D eigenvalue weighted by atomic mass is 19.1. The highest BCUT2D eigenvalue weighted by molar-refractivity contribution is 6.08. The predicted octanol–water partition coefficient (Wildman–Crippen LogP) is 5.08. The van der Waals surface area contributed by atoms with E-state index < -0.39 is 40.4 Å². The van der Waals surface area contributed by atoms with Crippen LogP contribution in [0.2, 0.25) is 0 Å². The molecular formula is C27H22F3N5O4. The van der Waals surface area contributed by atoms with Gasteiger partial charge >= 0.3 is 0 Å². The Kier molecular flexibility index (Phi) is 7.94. The molecule has 9 nitrogen and oxygen atoms in total. The first kappa shape index (κ1) is 26.9. The van der Waals surface area contributed by atoms with Crippen LogP contribution < -0.4 is 26.2 Å². The van der Waals surface area contributed by atoms with Gasteiger partial charge in [-0.05, 0) is 43.3 Å². The van der Waals surface area contributed by atoms with Gasteiger partial charge in [0.25, 0.3) is 11.5 Å². The summed E-state index contributed by atoms with van der Waals surface area (Å²) in [5.41, 5.74) is -1.17. The lowest BCUT2D eigenvalue weighted by Crippen LogP contribution is -2.30. The summed E-state index contributed by atoms with van der Waals surface area (Å²) in [6, 6.07) is 10.7. The SMILES string of the molecule is CCNc1ccn(-c2ccc(F)cc2)c(=O)c1C(=O)Nc1cc(F)c(Oc2ccnc(NC(C)=O)c2)cc1F. The van der Waals surface area contributed by atoms with Crippen LogP contribution in [0.4, 0.5) is 30.4 Å². The maximum absolute atomic E-state index is 14.9. The molecule has 0 atom stereocenters. The number of carbonyl (C=O) groups excluding carboxylic acids is 2. The van der Waals surface area contributed by atoms with Crippen molar-refractivity contribution in [2.75, 3.05) is 22.5 Å². The first-order valence-electron chi connectivity index (χ1n) is 11.6. The summed E-state index contributed by atoms with van der Waals surface area (Å²) < 4.78 is 49.6. The standard InChI is InChI=1S/C27H22F3N5O4/c1-3-31-21-9-11-35(17-6-4-16(28)5-7-17)27(38)25(21)26(37)34-22-13-20(30)23(14-19(22)29)39-18-8-10-32-24(12-18)33-15(2)36/h4-14,31H,3H2,1-2H3,(H,34,37)(H,32,33,36). The number of nitrogens with one attached hydrogen (secondary N) is 3. The molecular weight excluding hydrogens is 515 g/mol. The van der Waals surface area contributed by atoms with Crippen LogP contribution in [-0.4, -0.2) is 27.9 Å². The van der Waals surface area contributed by atoms with Gasteiger partial charge < -0.3 is 20.7 Å². The largest absolute Gasteiger partial charge is 0.454 e. The fraction of sp³-hybridized carbons (Fsp3) is 0.111. The van der Waals surface area contributed by atoms with Crippen molar-refractivity contribution >= 4 is 29.0 Å². The molecule has 39 heavy (non-hydrogen) atoms. The highest BCUT2D eigenvalue weighted by Gasteiger charge is 2.21. The van der Waals surface area contributed by atoms with E-state index in [2.05, 4.69) is 20.9 Å². The van der Waals surface area contributed by atoms with Gasteiger partial charge in [-0.2, -0.15) is 0 Å². The van der Waals surface area contributed by atoms with Gasteiger partial charge in [0.05, 0.1) is 11.4 Å². The topological polar surface area (TPSA) is 114 Å². The summed E-state index contributed by atoms with van der Waals surface area (Å²) in [6.07, 6.45) is 2.72. The molecule has 12 heteroatoms. The number of hydrogen-bond acceptors (Lipinski definition) is 6. The predicted molar refractivity (Wildman–Crippen MR) is 139 cm³/mol. The molecule has 4 rings (SSSR count). The number of halogens is 3. The van der Waals surface area contributed by atoms with E-state index in [0.717, 1.165) is 22.8 Å². The van der Waals surface area contributed by atoms with Crippen molar-refractivity contribution < 1.29 is 27.5 Å². The van der Waals surface area contributed by atoms with Crippen LogP contribution >= 0.6 is 0 Å². The molecule has 0 unspecified atom stereocenters. The lowest BCUT2D eigenvalue weighted by molar-refractivity contribution is -0.114. The summed E-state index contributed by atoms with van der Waals surface area (Å²) in [5.74, 6) is -4.18. The van der Waals surface area contributed by atoms with E-state index in [1.165, 1.54) is 49.6 Å². The molecule has 0 aliphatic rings. The van der Waals surface area contributed by atoms with Gasteiger partial charge in [-0.3, -0.25) is 19.0 Å². The Hall–Kier alpha value is -5.13. The molecule has 0 spiro atoms. The molecule has 0 aliphatic heterocycles. The first-order chi connectivity index (χ1) is 18.7. The van der Waals surface area contributed by atoms with E-state index in [4.69, 9.17) is 4.74 Å². The number of amides is 2. The minimum absolute atomic E-state index is 0.0738. The van der Waals surface area contributed by atoms with Crippen LogP contribution in [0.1, 0.15) is 24.2 Å². The minimum Gasteiger partial charge on any atom is -0.454 e. The molecule has 2 heterocycles. The second-order valence-corrected chi connectivity index (χ2v) is 8.16. The number of benzene rings is 2. The second kappa shape index (κ2) is 11.5. The zero-order chi connectivity index (χ0) is 28.1. The maximum atomic E-state index is 14.9. The summed E-state index contributed by atoms with van der Waals surface area (Å²) >= 11 is 0.